The van der Waals surface area contributed by atoms with Gasteiger partial charge >= 0.3 is 0 Å². The number of aromatic amines is 1. The molecule has 112 valence electrons. The van der Waals surface area contributed by atoms with Gasteiger partial charge in [-0.25, -0.2) is 4.98 Å². The largest absolute Gasteiger partial charge is 0.352 e. The molecule has 4 heteroatoms. The molecule has 1 aromatic heterocycles. The Bertz CT molecular complexity index is 565. The zero-order valence-electron chi connectivity index (χ0n) is 12.9. The molecule has 0 fully saturated rings. The quantitative estimate of drug-likeness (QED) is 0.887. The average molecular weight is 285 g/mol. The van der Waals surface area contributed by atoms with Crippen LogP contribution < -0.4 is 5.32 Å². The van der Waals surface area contributed by atoms with E-state index in [1.807, 2.05) is 24.3 Å². The van der Waals surface area contributed by atoms with Crippen molar-refractivity contribution < 1.29 is 4.79 Å². The van der Waals surface area contributed by atoms with E-state index in [2.05, 4.69) is 36.1 Å². The van der Waals surface area contributed by atoms with E-state index in [1.165, 1.54) is 5.56 Å². The topological polar surface area (TPSA) is 57.8 Å². The molecule has 0 bridgehead atoms. The highest BCUT2D eigenvalue weighted by Crippen LogP contribution is 2.20. The number of carbonyl (C=O) groups excluding carboxylic acids is 1. The standard InChI is InChI=1S/C17H23N3O/c1-17(2,3)10-13-4-6-14(7-5-13)16(21)19-9-8-15-11-18-12-20-15/h4-7,11-12H,8-10H2,1-3H3,(H,18,20)(H,19,21). The molecule has 21 heavy (non-hydrogen) atoms. The SMILES string of the molecule is CC(C)(C)Cc1ccc(C(=O)NCCc2cnc[nH]2)cc1. The molecular formula is C17H23N3O. The maximum absolute atomic E-state index is 12.0. The van der Waals surface area contributed by atoms with Crippen molar-refractivity contribution >= 4 is 5.91 Å². The molecule has 0 saturated heterocycles. The number of nitrogens with zero attached hydrogens (tertiary/aromatic N) is 1. The summed E-state index contributed by atoms with van der Waals surface area (Å²) in [6, 6.07) is 7.86. The molecule has 2 aromatic rings. The lowest BCUT2D eigenvalue weighted by molar-refractivity contribution is 0.0954. The van der Waals surface area contributed by atoms with Crippen molar-refractivity contribution in [3.05, 3.63) is 53.6 Å². The number of rotatable bonds is 5. The first-order valence-electron chi connectivity index (χ1n) is 7.28. The molecule has 2 N–H and O–H groups in total. The fraction of sp³-hybridized carbons (Fsp3) is 0.412. The van der Waals surface area contributed by atoms with Gasteiger partial charge < -0.3 is 10.3 Å². The van der Waals surface area contributed by atoms with Crippen LogP contribution in [-0.2, 0) is 12.8 Å². The summed E-state index contributed by atoms with van der Waals surface area (Å²) in [6.07, 6.45) is 5.18. The molecular weight excluding hydrogens is 262 g/mol. The molecule has 0 spiro atoms. The minimum absolute atomic E-state index is 0.0307. The normalized spacial score (nSPS) is 11.4. The molecule has 0 aliphatic heterocycles. The van der Waals surface area contributed by atoms with Crippen LogP contribution in [0.15, 0.2) is 36.8 Å². The van der Waals surface area contributed by atoms with Crippen LogP contribution in [0.25, 0.3) is 0 Å². The third-order valence-corrected chi connectivity index (χ3v) is 3.19. The highest BCUT2D eigenvalue weighted by Gasteiger charge is 2.12. The zero-order chi connectivity index (χ0) is 15.3. The molecule has 2 rings (SSSR count). The van der Waals surface area contributed by atoms with Gasteiger partial charge in [-0.05, 0) is 29.5 Å². The van der Waals surface area contributed by atoms with Crippen molar-refractivity contribution in [3.8, 4) is 0 Å². The van der Waals surface area contributed by atoms with Gasteiger partial charge in [0, 0.05) is 30.4 Å². The van der Waals surface area contributed by atoms with Gasteiger partial charge in [0.05, 0.1) is 6.33 Å². The van der Waals surface area contributed by atoms with E-state index in [4.69, 9.17) is 0 Å². The Morgan fingerprint density at radius 2 is 1.95 bits per heavy atom. The fourth-order valence-corrected chi connectivity index (χ4v) is 2.22. The van der Waals surface area contributed by atoms with E-state index in [-0.39, 0.29) is 11.3 Å². The highest BCUT2D eigenvalue weighted by atomic mass is 16.1. The lowest BCUT2D eigenvalue weighted by Gasteiger charge is -2.18. The lowest BCUT2D eigenvalue weighted by Crippen LogP contribution is -2.25. The van der Waals surface area contributed by atoms with Crippen molar-refractivity contribution in [2.75, 3.05) is 6.54 Å². The summed E-state index contributed by atoms with van der Waals surface area (Å²) in [5.41, 5.74) is 3.25. The summed E-state index contributed by atoms with van der Waals surface area (Å²) in [4.78, 5) is 19.0. The van der Waals surface area contributed by atoms with Gasteiger partial charge in [-0.3, -0.25) is 4.79 Å². The van der Waals surface area contributed by atoms with Crippen molar-refractivity contribution in [2.24, 2.45) is 5.41 Å². The number of carbonyl (C=O) groups is 1. The second-order valence-corrected chi connectivity index (χ2v) is 6.52. The van der Waals surface area contributed by atoms with Gasteiger partial charge in [-0.1, -0.05) is 32.9 Å². The number of nitrogens with one attached hydrogen (secondary N) is 2. The lowest BCUT2D eigenvalue weighted by atomic mass is 9.88. The predicted molar refractivity (Wildman–Crippen MR) is 84.2 cm³/mol. The van der Waals surface area contributed by atoms with Crippen LogP contribution in [0.2, 0.25) is 0 Å². The number of H-pyrrole nitrogens is 1. The predicted octanol–water partition coefficient (Wildman–Crippen LogP) is 2.97. The van der Waals surface area contributed by atoms with Gasteiger partial charge in [-0.2, -0.15) is 0 Å². The first-order chi connectivity index (χ1) is 9.94. The zero-order valence-corrected chi connectivity index (χ0v) is 12.9. The molecule has 0 aliphatic rings. The highest BCUT2D eigenvalue weighted by molar-refractivity contribution is 5.94. The monoisotopic (exact) mass is 285 g/mol. The summed E-state index contributed by atoms with van der Waals surface area (Å²) >= 11 is 0. The Labute approximate surface area is 126 Å². The second-order valence-electron chi connectivity index (χ2n) is 6.52. The Morgan fingerprint density at radius 3 is 2.52 bits per heavy atom. The molecule has 1 amide bonds. The minimum atomic E-state index is -0.0307. The van der Waals surface area contributed by atoms with Crippen molar-refractivity contribution in [2.45, 2.75) is 33.6 Å². The van der Waals surface area contributed by atoms with Crippen molar-refractivity contribution in [3.63, 3.8) is 0 Å². The first kappa shape index (κ1) is 15.3. The van der Waals surface area contributed by atoms with E-state index in [9.17, 15) is 4.79 Å². The van der Waals surface area contributed by atoms with Crippen LogP contribution in [0, 0.1) is 5.41 Å². The van der Waals surface area contributed by atoms with E-state index >= 15 is 0 Å². The third-order valence-electron chi connectivity index (χ3n) is 3.19. The van der Waals surface area contributed by atoms with Gasteiger partial charge in [-0.15, -0.1) is 0 Å². The number of benzene rings is 1. The van der Waals surface area contributed by atoms with Gasteiger partial charge in [0.15, 0.2) is 0 Å². The van der Waals surface area contributed by atoms with Crippen LogP contribution in [0.1, 0.15) is 42.4 Å². The molecule has 1 aromatic carbocycles. The van der Waals surface area contributed by atoms with E-state index in [1.54, 1.807) is 12.5 Å². The maximum Gasteiger partial charge on any atom is 0.251 e. The minimum Gasteiger partial charge on any atom is -0.352 e. The van der Waals surface area contributed by atoms with Crippen LogP contribution in [0.4, 0.5) is 0 Å². The number of hydrogen-bond acceptors (Lipinski definition) is 2. The number of hydrogen-bond donors (Lipinski definition) is 2. The number of imidazole rings is 1. The molecule has 0 radical (unpaired) electrons. The van der Waals surface area contributed by atoms with Crippen molar-refractivity contribution in [1.29, 1.82) is 0 Å². The van der Waals surface area contributed by atoms with E-state index < -0.39 is 0 Å². The summed E-state index contributed by atoms with van der Waals surface area (Å²) in [5, 5.41) is 2.92. The summed E-state index contributed by atoms with van der Waals surface area (Å²) in [5.74, 6) is -0.0307. The number of amides is 1. The molecule has 0 aliphatic carbocycles. The van der Waals surface area contributed by atoms with Crippen LogP contribution in [0.5, 0.6) is 0 Å². The molecule has 1 heterocycles. The Hall–Kier alpha value is -2.10. The smallest absolute Gasteiger partial charge is 0.251 e. The summed E-state index contributed by atoms with van der Waals surface area (Å²) < 4.78 is 0. The molecule has 0 saturated carbocycles. The van der Waals surface area contributed by atoms with Gasteiger partial charge in [0.1, 0.15) is 0 Å². The van der Waals surface area contributed by atoms with Gasteiger partial charge in [0.2, 0.25) is 0 Å². The van der Waals surface area contributed by atoms with E-state index in [0.717, 1.165) is 18.5 Å². The average Bonchev–Trinajstić information content (AvgIpc) is 2.91. The maximum atomic E-state index is 12.0. The number of aromatic nitrogens is 2. The molecule has 0 atom stereocenters. The van der Waals surface area contributed by atoms with Crippen molar-refractivity contribution in [1.82, 2.24) is 15.3 Å². The first-order valence-corrected chi connectivity index (χ1v) is 7.28. The molecule has 4 nitrogen and oxygen atoms in total. The Kier molecular flexibility index (Phi) is 4.78. The Morgan fingerprint density at radius 1 is 1.24 bits per heavy atom. The van der Waals surface area contributed by atoms with Gasteiger partial charge in [0.25, 0.3) is 5.91 Å². The van der Waals surface area contributed by atoms with Crippen LogP contribution in [-0.4, -0.2) is 22.4 Å². The Balaban J connectivity index is 1.85. The summed E-state index contributed by atoms with van der Waals surface area (Å²) in [7, 11) is 0. The second kappa shape index (κ2) is 6.57. The summed E-state index contributed by atoms with van der Waals surface area (Å²) in [6.45, 7) is 7.24. The third kappa shape index (κ3) is 5.06. The van der Waals surface area contributed by atoms with E-state index in [0.29, 0.717) is 12.1 Å². The fourth-order valence-electron chi connectivity index (χ4n) is 2.22. The van der Waals surface area contributed by atoms with Crippen LogP contribution >= 0.6 is 0 Å². The molecule has 0 unspecified atom stereocenters. The van der Waals surface area contributed by atoms with Crippen LogP contribution in [0.3, 0.4) is 0 Å².